The fraction of sp³-hybridized carbons (Fsp3) is 0.222. The molecule has 0 unspecified atom stereocenters. The van der Waals surface area contributed by atoms with Gasteiger partial charge in [0, 0.05) is 4.90 Å². The second-order valence-electron chi connectivity index (χ2n) is 2.68. The lowest BCUT2D eigenvalue weighted by molar-refractivity contribution is -0.138. The number of alkyl halides is 3. The van der Waals surface area contributed by atoms with Crippen LogP contribution in [-0.4, -0.2) is 7.11 Å². The van der Waals surface area contributed by atoms with Crippen LogP contribution in [0.15, 0.2) is 17.0 Å². The van der Waals surface area contributed by atoms with E-state index < -0.39 is 11.7 Å². The number of thiol groups is 1. The zero-order chi connectivity index (χ0) is 11.6. The smallest absolute Gasteiger partial charge is 0.420 e. The Kier molecular flexibility index (Phi) is 3.15. The van der Waals surface area contributed by atoms with E-state index in [4.69, 9.17) is 5.26 Å². The Morgan fingerprint density at radius 3 is 2.40 bits per heavy atom. The summed E-state index contributed by atoms with van der Waals surface area (Å²) < 4.78 is 41.9. The van der Waals surface area contributed by atoms with Gasteiger partial charge in [-0.05, 0) is 12.1 Å². The van der Waals surface area contributed by atoms with E-state index in [9.17, 15) is 13.2 Å². The summed E-state index contributed by atoms with van der Waals surface area (Å²) in [5, 5.41) is 8.60. The maximum Gasteiger partial charge on any atom is 0.420 e. The Labute approximate surface area is 89.7 Å². The number of rotatable bonds is 1. The minimum atomic E-state index is -4.52. The molecule has 80 valence electrons. The van der Waals surface area contributed by atoms with E-state index in [1.54, 1.807) is 6.07 Å². The molecule has 1 rings (SSSR count). The molecule has 1 aromatic carbocycles. The van der Waals surface area contributed by atoms with Crippen molar-refractivity contribution >= 4 is 12.6 Å². The molecule has 0 aliphatic heterocycles. The molecule has 0 heterocycles. The summed E-state index contributed by atoms with van der Waals surface area (Å²) in [7, 11) is 1.11. The normalized spacial score (nSPS) is 10.9. The Morgan fingerprint density at radius 2 is 2.00 bits per heavy atom. The highest BCUT2D eigenvalue weighted by atomic mass is 32.1. The van der Waals surface area contributed by atoms with E-state index in [0.29, 0.717) is 0 Å². The van der Waals surface area contributed by atoms with Crippen LogP contribution in [-0.2, 0) is 6.18 Å². The van der Waals surface area contributed by atoms with Gasteiger partial charge in [-0.1, -0.05) is 0 Å². The van der Waals surface area contributed by atoms with Crippen molar-refractivity contribution in [2.24, 2.45) is 0 Å². The highest BCUT2D eigenvalue weighted by molar-refractivity contribution is 7.80. The monoisotopic (exact) mass is 233 g/mol. The molecule has 2 nitrogen and oxygen atoms in total. The molecule has 0 bridgehead atoms. The molecule has 0 radical (unpaired) electrons. The Balaban J connectivity index is 3.42. The van der Waals surface area contributed by atoms with Gasteiger partial charge in [0.1, 0.15) is 11.8 Å². The van der Waals surface area contributed by atoms with Crippen molar-refractivity contribution in [3.8, 4) is 11.8 Å². The Morgan fingerprint density at radius 1 is 1.40 bits per heavy atom. The van der Waals surface area contributed by atoms with Gasteiger partial charge < -0.3 is 4.74 Å². The molecule has 6 heteroatoms. The second-order valence-corrected chi connectivity index (χ2v) is 3.16. The summed E-state index contributed by atoms with van der Waals surface area (Å²) >= 11 is 3.79. The molecule has 0 aromatic heterocycles. The van der Waals surface area contributed by atoms with Crippen LogP contribution < -0.4 is 4.74 Å². The Hall–Kier alpha value is -1.35. The number of methoxy groups -OCH3 is 1. The molecule has 0 aliphatic carbocycles. The van der Waals surface area contributed by atoms with E-state index in [1.807, 2.05) is 0 Å². The van der Waals surface area contributed by atoms with Crippen LogP contribution in [0.4, 0.5) is 13.2 Å². The molecule has 0 spiro atoms. The number of ether oxygens (including phenoxy) is 1. The molecule has 0 N–H and O–H groups in total. The quantitative estimate of drug-likeness (QED) is 0.756. The lowest BCUT2D eigenvalue weighted by atomic mass is 10.1. The van der Waals surface area contributed by atoms with Gasteiger partial charge in [-0.2, -0.15) is 18.4 Å². The average Bonchev–Trinajstić information content (AvgIpc) is 2.16. The van der Waals surface area contributed by atoms with Crippen LogP contribution in [0, 0.1) is 11.3 Å². The lowest BCUT2D eigenvalue weighted by Gasteiger charge is -2.12. The third kappa shape index (κ3) is 2.36. The molecule has 0 fully saturated rings. The van der Waals surface area contributed by atoms with Crippen LogP contribution in [0.5, 0.6) is 5.75 Å². The first kappa shape index (κ1) is 11.7. The molecule has 0 atom stereocenters. The first-order valence-corrected chi connectivity index (χ1v) is 4.23. The van der Waals surface area contributed by atoms with Gasteiger partial charge in [0.15, 0.2) is 0 Å². The van der Waals surface area contributed by atoms with Crippen LogP contribution in [0.2, 0.25) is 0 Å². The average molecular weight is 233 g/mol. The predicted octanol–water partition coefficient (Wildman–Crippen LogP) is 2.87. The minimum absolute atomic E-state index is 0.0226. The predicted molar refractivity (Wildman–Crippen MR) is 50.0 cm³/mol. The van der Waals surface area contributed by atoms with Gasteiger partial charge in [0.25, 0.3) is 0 Å². The third-order valence-electron chi connectivity index (χ3n) is 1.74. The van der Waals surface area contributed by atoms with Crippen molar-refractivity contribution in [3.63, 3.8) is 0 Å². The lowest BCUT2D eigenvalue weighted by Crippen LogP contribution is -2.08. The van der Waals surface area contributed by atoms with Gasteiger partial charge in [-0.25, -0.2) is 0 Å². The number of nitrogens with zero attached hydrogens (tertiary/aromatic N) is 1. The number of nitriles is 1. The number of hydrogen-bond donors (Lipinski definition) is 1. The van der Waals surface area contributed by atoms with Gasteiger partial charge >= 0.3 is 6.18 Å². The van der Waals surface area contributed by atoms with E-state index in [0.717, 1.165) is 19.2 Å². The topological polar surface area (TPSA) is 33.0 Å². The summed E-state index contributed by atoms with van der Waals surface area (Å²) in [6.45, 7) is 0. The highest BCUT2D eigenvalue weighted by Gasteiger charge is 2.35. The SMILES string of the molecule is COc1cc(C#N)c(S)cc1C(F)(F)F. The maximum absolute atomic E-state index is 12.5. The molecular formula is C9H6F3NOS. The van der Waals surface area contributed by atoms with Crippen LogP contribution in [0.25, 0.3) is 0 Å². The molecule has 15 heavy (non-hydrogen) atoms. The summed E-state index contributed by atoms with van der Waals surface area (Å²) in [5.74, 6) is -0.378. The molecular weight excluding hydrogens is 227 g/mol. The van der Waals surface area contributed by atoms with Crippen molar-refractivity contribution in [3.05, 3.63) is 23.3 Å². The number of benzene rings is 1. The minimum Gasteiger partial charge on any atom is -0.496 e. The van der Waals surface area contributed by atoms with E-state index in [2.05, 4.69) is 17.4 Å². The van der Waals surface area contributed by atoms with E-state index in [-0.39, 0.29) is 16.2 Å². The van der Waals surface area contributed by atoms with Gasteiger partial charge in [0.2, 0.25) is 0 Å². The van der Waals surface area contributed by atoms with Crippen LogP contribution >= 0.6 is 12.6 Å². The number of halogens is 3. The van der Waals surface area contributed by atoms with Gasteiger partial charge in [0.05, 0.1) is 18.2 Å². The highest BCUT2D eigenvalue weighted by Crippen LogP contribution is 2.38. The van der Waals surface area contributed by atoms with Crippen LogP contribution in [0.1, 0.15) is 11.1 Å². The molecule has 0 saturated carbocycles. The standard InChI is InChI=1S/C9H6F3NOS/c1-14-7-2-5(4-13)8(15)3-6(7)9(10,11)12/h2-3,15H,1H3. The molecule has 0 saturated heterocycles. The second kappa shape index (κ2) is 4.03. The first-order valence-electron chi connectivity index (χ1n) is 3.78. The number of hydrogen-bond acceptors (Lipinski definition) is 3. The van der Waals surface area contributed by atoms with Crippen molar-refractivity contribution in [2.75, 3.05) is 7.11 Å². The summed E-state index contributed by atoms with van der Waals surface area (Å²) in [6, 6.07) is 3.52. The van der Waals surface area contributed by atoms with Crippen LogP contribution in [0.3, 0.4) is 0 Å². The fourth-order valence-electron chi connectivity index (χ4n) is 1.05. The van der Waals surface area contributed by atoms with Crippen molar-refractivity contribution in [1.29, 1.82) is 5.26 Å². The van der Waals surface area contributed by atoms with Gasteiger partial charge in [-0.15, -0.1) is 12.6 Å². The molecule has 0 amide bonds. The Bertz CT molecular complexity index is 423. The van der Waals surface area contributed by atoms with Gasteiger partial charge in [-0.3, -0.25) is 0 Å². The summed E-state index contributed by atoms with van der Waals surface area (Å²) in [6.07, 6.45) is -4.52. The van der Waals surface area contributed by atoms with E-state index in [1.165, 1.54) is 0 Å². The maximum atomic E-state index is 12.5. The van der Waals surface area contributed by atoms with E-state index >= 15 is 0 Å². The third-order valence-corrected chi connectivity index (χ3v) is 2.11. The summed E-state index contributed by atoms with van der Waals surface area (Å²) in [5.41, 5.74) is -0.891. The zero-order valence-electron chi connectivity index (χ0n) is 7.59. The zero-order valence-corrected chi connectivity index (χ0v) is 8.49. The molecule has 0 aliphatic rings. The van der Waals surface area contributed by atoms with Crippen molar-refractivity contribution in [2.45, 2.75) is 11.1 Å². The molecule has 1 aromatic rings. The van der Waals surface area contributed by atoms with Crippen molar-refractivity contribution < 1.29 is 17.9 Å². The fourth-order valence-corrected chi connectivity index (χ4v) is 1.29. The first-order chi connectivity index (χ1) is 6.90. The largest absolute Gasteiger partial charge is 0.496 e. The summed E-state index contributed by atoms with van der Waals surface area (Å²) in [4.78, 5) is -0.0226. The van der Waals surface area contributed by atoms with Crippen molar-refractivity contribution in [1.82, 2.24) is 0 Å².